The fourth-order valence-electron chi connectivity index (χ4n) is 2.56. The van der Waals surface area contributed by atoms with Crippen molar-refractivity contribution in [3.8, 4) is 11.1 Å². The Labute approximate surface area is 121 Å². The molecule has 0 fully saturated rings. The minimum atomic E-state index is -0.955. The van der Waals surface area contributed by atoms with Crippen LogP contribution in [0.5, 0.6) is 0 Å². The Morgan fingerprint density at radius 1 is 1.00 bits per heavy atom. The van der Waals surface area contributed by atoms with Crippen LogP contribution in [0.15, 0.2) is 54.6 Å². The molecule has 0 bridgehead atoms. The van der Waals surface area contributed by atoms with Crippen LogP contribution in [-0.4, -0.2) is 11.1 Å². The quantitative estimate of drug-likeness (QED) is 0.741. The van der Waals surface area contributed by atoms with Crippen LogP contribution in [0, 0.1) is 12.7 Å². The molecule has 0 atom stereocenters. The second kappa shape index (κ2) is 5.02. The monoisotopic (exact) mass is 280 g/mol. The second-order valence-corrected chi connectivity index (χ2v) is 5.01. The molecule has 0 aliphatic carbocycles. The molecule has 0 unspecified atom stereocenters. The zero-order valence-corrected chi connectivity index (χ0v) is 11.4. The molecular weight excluding hydrogens is 267 g/mol. The normalized spacial score (nSPS) is 10.8. The van der Waals surface area contributed by atoms with Crippen LogP contribution in [0.1, 0.15) is 15.9 Å². The van der Waals surface area contributed by atoms with Gasteiger partial charge < -0.3 is 5.11 Å². The summed E-state index contributed by atoms with van der Waals surface area (Å²) in [5.41, 5.74) is 3.09. The third-order valence-electron chi connectivity index (χ3n) is 3.61. The summed E-state index contributed by atoms with van der Waals surface area (Å²) in [5.74, 6) is -1.24. The molecule has 21 heavy (non-hydrogen) atoms. The Bertz CT molecular complexity index is 836. The van der Waals surface area contributed by atoms with Gasteiger partial charge in [-0.3, -0.25) is 0 Å². The minimum Gasteiger partial charge on any atom is -0.478 e. The zero-order valence-electron chi connectivity index (χ0n) is 11.4. The highest BCUT2D eigenvalue weighted by atomic mass is 19.1. The fraction of sp³-hybridized carbons (Fsp3) is 0.0556. The maximum atomic E-state index is 13.1. The largest absolute Gasteiger partial charge is 0.478 e. The summed E-state index contributed by atoms with van der Waals surface area (Å²) in [6.45, 7) is 1.96. The lowest BCUT2D eigenvalue weighted by Gasteiger charge is -2.11. The summed E-state index contributed by atoms with van der Waals surface area (Å²) in [5, 5.41) is 11.0. The number of benzene rings is 3. The fourth-order valence-corrected chi connectivity index (χ4v) is 2.56. The molecule has 0 spiro atoms. The van der Waals surface area contributed by atoms with Gasteiger partial charge in [0.05, 0.1) is 5.56 Å². The highest BCUT2D eigenvalue weighted by molar-refractivity contribution is 6.02. The van der Waals surface area contributed by atoms with E-state index >= 15 is 0 Å². The SMILES string of the molecule is Cc1ccc2ccc(C(=O)O)cc2c1-c1ccc(F)cc1. The molecule has 1 N–H and O–H groups in total. The highest BCUT2D eigenvalue weighted by Crippen LogP contribution is 2.32. The molecule has 3 rings (SSSR count). The van der Waals surface area contributed by atoms with E-state index in [9.17, 15) is 9.18 Å². The van der Waals surface area contributed by atoms with Crippen LogP contribution in [0.3, 0.4) is 0 Å². The molecule has 3 heteroatoms. The van der Waals surface area contributed by atoms with Crippen molar-refractivity contribution in [3.63, 3.8) is 0 Å². The smallest absolute Gasteiger partial charge is 0.335 e. The predicted octanol–water partition coefficient (Wildman–Crippen LogP) is 4.65. The van der Waals surface area contributed by atoms with E-state index in [1.165, 1.54) is 12.1 Å². The molecule has 0 heterocycles. The van der Waals surface area contributed by atoms with Gasteiger partial charge in [0.15, 0.2) is 0 Å². The minimum absolute atomic E-state index is 0.247. The van der Waals surface area contributed by atoms with Crippen LogP contribution < -0.4 is 0 Å². The van der Waals surface area contributed by atoms with Crippen molar-refractivity contribution in [3.05, 3.63) is 71.5 Å². The maximum absolute atomic E-state index is 13.1. The average molecular weight is 280 g/mol. The number of carboxylic acids is 1. The van der Waals surface area contributed by atoms with Gasteiger partial charge in [0, 0.05) is 0 Å². The number of aryl methyl sites for hydroxylation is 1. The third kappa shape index (κ3) is 2.38. The van der Waals surface area contributed by atoms with Crippen molar-refractivity contribution in [1.82, 2.24) is 0 Å². The molecule has 0 aliphatic rings. The maximum Gasteiger partial charge on any atom is 0.335 e. The molecule has 3 aromatic rings. The van der Waals surface area contributed by atoms with E-state index in [0.29, 0.717) is 0 Å². The number of rotatable bonds is 2. The molecule has 0 radical (unpaired) electrons. The van der Waals surface area contributed by atoms with Gasteiger partial charge in [0.2, 0.25) is 0 Å². The Morgan fingerprint density at radius 3 is 2.33 bits per heavy atom. The Balaban J connectivity index is 2.33. The van der Waals surface area contributed by atoms with Crippen LogP contribution in [-0.2, 0) is 0 Å². The first-order valence-corrected chi connectivity index (χ1v) is 6.59. The second-order valence-electron chi connectivity index (χ2n) is 5.01. The summed E-state index contributed by atoms with van der Waals surface area (Å²) in [4.78, 5) is 11.2. The van der Waals surface area contributed by atoms with E-state index < -0.39 is 5.97 Å². The van der Waals surface area contributed by atoms with E-state index in [2.05, 4.69) is 0 Å². The first-order valence-electron chi connectivity index (χ1n) is 6.59. The topological polar surface area (TPSA) is 37.3 Å². The van der Waals surface area contributed by atoms with Crippen molar-refractivity contribution >= 4 is 16.7 Å². The number of carboxylic acid groups (broad SMARTS) is 1. The van der Waals surface area contributed by atoms with Gasteiger partial charge in [0.25, 0.3) is 0 Å². The first kappa shape index (κ1) is 13.3. The molecular formula is C18H13FO2. The molecule has 0 amide bonds. The van der Waals surface area contributed by atoms with E-state index in [0.717, 1.165) is 27.5 Å². The molecule has 0 saturated heterocycles. The van der Waals surface area contributed by atoms with E-state index in [1.807, 2.05) is 19.1 Å². The van der Waals surface area contributed by atoms with Crippen molar-refractivity contribution in [2.45, 2.75) is 6.92 Å². The molecule has 0 saturated carbocycles. The first-order chi connectivity index (χ1) is 10.1. The summed E-state index contributed by atoms with van der Waals surface area (Å²) < 4.78 is 13.1. The third-order valence-corrected chi connectivity index (χ3v) is 3.61. The van der Waals surface area contributed by atoms with Gasteiger partial charge in [-0.2, -0.15) is 0 Å². The standard InChI is InChI=1S/C18H13FO2/c1-11-2-3-12-4-5-14(18(20)21)10-16(12)17(11)13-6-8-15(19)9-7-13/h2-10H,1H3,(H,20,21). The van der Waals surface area contributed by atoms with E-state index in [-0.39, 0.29) is 11.4 Å². The van der Waals surface area contributed by atoms with Crippen LogP contribution in [0.2, 0.25) is 0 Å². The van der Waals surface area contributed by atoms with Crippen molar-refractivity contribution in [2.24, 2.45) is 0 Å². The summed E-state index contributed by atoms with van der Waals surface area (Å²) >= 11 is 0. The van der Waals surface area contributed by atoms with Crippen LogP contribution in [0.25, 0.3) is 21.9 Å². The molecule has 0 aromatic heterocycles. The van der Waals surface area contributed by atoms with Crippen molar-refractivity contribution < 1.29 is 14.3 Å². The highest BCUT2D eigenvalue weighted by Gasteiger charge is 2.10. The molecule has 3 aromatic carbocycles. The Kier molecular flexibility index (Phi) is 3.18. The number of fused-ring (bicyclic) bond motifs is 1. The average Bonchev–Trinajstić information content (AvgIpc) is 2.48. The van der Waals surface area contributed by atoms with Gasteiger partial charge in [0.1, 0.15) is 5.82 Å². The summed E-state index contributed by atoms with van der Waals surface area (Å²) in [6, 6.07) is 15.3. The van der Waals surface area contributed by atoms with E-state index in [1.54, 1.807) is 30.3 Å². The van der Waals surface area contributed by atoms with Crippen molar-refractivity contribution in [1.29, 1.82) is 0 Å². The number of hydrogen-bond acceptors (Lipinski definition) is 1. The molecule has 0 aliphatic heterocycles. The number of hydrogen-bond donors (Lipinski definition) is 1. The molecule has 104 valence electrons. The Morgan fingerprint density at radius 2 is 1.67 bits per heavy atom. The zero-order chi connectivity index (χ0) is 15.0. The summed E-state index contributed by atoms with van der Waals surface area (Å²) in [6.07, 6.45) is 0. The number of aromatic carboxylic acids is 1. The summed E-state index contributed by atoms with van der Waals surface area (Å²) in [7, 11) is 0. The Hall–Kier alpha value is -2.68. The van der Waals surface area contributed by atoms with Gasteiger partial charge in [-0.05, 0) is 58.7 Å². The predicted molar refractivity (Wildman–Crippen MR) is 81.0 cm³/mol. The van der Waals surface area contributed by atoms with Crippen LogP contribution in [0.4, 0.5) is 4.39 Å². The lowest BCUT2D eigenvalue weighted by molar-refractivity contribution is 0.0697. The number of carbonyl (C=O) groups is 1. The lowest BCUT2D eigenvalue weighted by atomic mass is 9.93. The van der Waals surface area contributed by atoms with Gasteiger partial charge >= 0.3 is 5.97 Å². The van der Waals surface area contributed by atoms with Gasteiger partial charge in [-0.25, -0.2) is 9.18 Å². The van der Waals surface area contributed by atoms with Crippen molar-refractivity contribution in [2.75, 3.05) is 0 Å². The lowest BCUT2D eigenvalue weighted by Crippen LogP contribution is -1.96. The van der Waals surface area contributed by atoms with E-state index in [4.69, 9.17) is 5.11 Å². The van der Waals surface area contributed by atoms with Gasteiger partial charge in [-0.15, -0.1) is 0 Å². The molecule has 2 nitrogen and oxygen atoms in total. The van der Waals surface area contributed by atoms with Crippen LogP contribution >= 0.6 is 0 Å². The van der Waals surface area contributed by atoms with Gasteiger partial charge in [-0.1, -0.05) is 30.3 Å². The number of halogens is 1.